The number of ether oxygens (including phenoxy) is 1. The Labute approximate surface area is 321 Å². The molecule has 3 heteroatoms. The molecule has 0 bridgehead atoms. The van der Waals surface area contributed by atoms with Gasteiger partial charge in [-0.2, -0.15) is 0 Å². The van der Waals surface area contributed by atoms with E-state index >= 15 is 0 Å². The van der Waals surface area contributed by atoms with Crippen LogP contribution >= 0.6 is 0 Å². The van der Waals surface area contributed by atoms with Crippen molar-refractivity contribution < 1.29 is 4.74 Å². The van der Waals surface area contributed by atoms with Crippen LogP contribution in [-0.4, -0.2) is 9.97 Å². The van der Waals surface area contributed by atoms with E-state index in [4.69, 9.17) is 14.7 Å². The van der Waals surface area contributed by atoms with Gasteiger partial charge in [-0.15, -0.1) is 0 Å². The molecular formula is C52H36N2O. The fourth-order valence-corrected chi connectivity index (χ4v) is 9.61. The molecule has 1 spiro atoms. The van der Waals surface area contributed by atoms with Crippen molar-refractivity contribution in [2.45, 2.75) is 18.8 Å². The zero-order valence-corrected chi connectivity index (χ0v) is 30.4. The Kier molecular flexibility index (Phi) is 6.96. The van der Waals surface area contributed by atoms with E-state index in [1.165, 1.54) is 38.6 Å². The van der Waals surface area contributed by atoms with Gasteiger partial charge in [0.05, 0.1) is 16.8 Å². The highest BCUT2D eigenvalue weighted by molar-refractivity contribution is 5.96. The van der Waals surface area contributed by atoms with Gasteiger partial charge < -0.3 is 4.74 Å². The molecule has 0 amide bonds. The number of fused-ring (bicyclic) bond motifs is 10. The van der Waals surface area contributed by atoms with Gasteiger partial charge in [0.25, 0.3) is 0 Å². The van der Waals surface area contributed by atoms with Crippen LogP contribution in [0.2, 0.25) is 0 Å². The van der Waals surface area contributed by atoms with Gasteiger partial charge in [-0.25, -0.2) is 9.97 Å². The van der Waals surface area contributed by atoms with Gasteiger partial charge in [-0.3, -0.25) is 0 Å². The molecule has 0 saturated carbocycles. The van der Waals surface area contributed by atoms with E-state index in [1.54, 1.807) is 0 Å². The van der Waals surface area contributed by atoms with Crippen LogP contribution in [-0.2, 0) is 5.41 Å². The topological polar surface area (TPSA) is 35.0 Å². The lowest BCUT2D eigenvalue weighted by Gasteiger charge is -2.53. The van der Waals surface area contributed by atoms with Crippen LogP contribution < -0.4 is 4.74 Å². The van der Waals surface area contributed by atoms with E-state index in [0.29, 0.717) is 5.82 Å². The van der Waals surface area contributed by atoms with E-state index < -0.39 is 5.41 Å². The van der Waals surface area contributed by atoms with Crippen molar-refractivity contribution in [1.82, 2.24) is 9.97 Å². The Morgan fingerprint density at radius 2 is 1.15 bits per heavy atom. The molecule has 2 aliphatic carbocycles. The maximum absolute atomic E-state index is 6.87. The van der Waals surface area contributed by atoms with Crippen LogP contribution in [0, 0.1) is 5.41 Å². The third kappa shape index (κ3) is 4.63. The molecule has 1 aromatic heterocycles. The van der Waals surface area contributed by atoms with Crippen LogP contribution in [0.15, 0.2) is 194 Å². The van der Waals surface area contributed by atoms with Crippen molar-refractivity contribution in [3.8, 4) is 61.9 Å². The molecule has 0 saturated heterocycles. The van der Waals surface area contributed by atoms with Crippen LogP contribution in [0.3, 0.4) is 0 Å². The van der Waals surface area contributed by atoms with Gasteiger partial charge in [0.2, 0.25) is 0 Å². The zero-order valence-electron chi connectivity index (χ0n) is 30.4. The van der Waals surface area contributed by atoms with Crippen molar-refractivity contribution in [1.29, 1.82) is 0 Å². The summed E-state index contributed by atoms with van der Waals surface area (Å²) < 4.78 is 6.87. The molecule has 7 aromatic carbocycles. The summed E-state index contributed by atoms with van der Waals surface area (Å²) >= 11 is 0. The second kappa shape index (κ2) is 12.1. The Morgan fingerprint density at radius 3 is 1.98 bits per heavy atom. The number of hydrogen-bond acceptors (Lipinski definition) is 3. The van der Waals surface area contributed by atoms with Crippen molar-refractivity contribution in [3.63, 3.8) is 0 Å². The predicted octanol–water partition coefficient (Wildman–Crippen LogP) is 12.9. The summed E-state index contributed by atoms with van der Waals surface area (Å²) in [6, 6.07) is 60.9. The summed E-state index contributed by atoms with van der Waals surface area (Å²) in [5.41, 5.74) is 12.9. The third-order valence-corrected chi connectivity index (χ3v) is 12.2. The zero-order chi connectivity index (χ0) is 36.6. The van der Waals surface area contributed by atoms with Crippen molar-refractivity contribution >= 4 is 10.8 Å². The van der Waals surface area contributed by atoms with E-state index in [1.807, 2.05) is 18.2 Å². The molecule has 3 nitrogen and oxygen atoms in total. The van der Waals surface area contributed by atoms with Crippen molar-refractivity contribution in [2.75, 3.05) is 0 Å². The Morgan fingerprint density at radius 1 is 0.509 bits per heavy atom. The lowest BCUT2D eigenvalue weighted by atomic mass is 9.52. The number of aromatic nitrogens is 2. The van der Waals surface area contributed by atoms with Gasteiger partial charge in [0.1, 0.15) is 11.5 Å². The minimum absolute atomic E-state index is 0.329. The molecule has 0 fully saturated rings. The molecular weight excluding hydrogens is 669 g/mol. The Balaban J connectivity index is 1.10. The molecule has 55 heavy (non-hydrogen) atoms. The van der Waals surface area contributed by atoms with Crippen molar-refractivity contribution in [2.24, 2.45) is 5.41 Å². The highest BCUT2D eigenvalue weighted by atomic mass is 16.5. The standard InChI is InChI=1S/C52H36N2O/c1-51-30-12-11-27-49(51)55-48-29-28-37(32-45(48)52(51)43-25-9-7-22-40(43)41-23-8-10-26-44(41)52)36-19-13-20-38(31-36)46-33-47(54-50(53-46)35-16-3-2-4-17-35)42-24-14-18-34-15-5-6-21-39(34)42/h2-29,31-33H,30H2,1H3. The first kappa shape index (κ1) is 31.7. The molecule has 260 valence electrons. The maximum atomic E-state index is 6.87. The monoisotopic (exact) mass is 704 g/mol. The minimum Gasteiger partial charge on any atom is -0.461 e. The summed E-state index contributed by atoms with van der Waals surface area (Å²) in [7, 11) is 0. The molecule has 3 aliphatic rings. The molecule has 1 aliphatic heterocycles. The average Bonchev–Trinajstić information content (AvgIpc) is 3.55. The number of allylic oxidation sites excluding steroid dienone is 4. The lowest BCUT2D eigenvalue weighted by Crippen LogP contribution is -2.50. The predicted molar refractivity (Wildman–Crippen MR) is 224 cm³/mol. The molecule has 1 atom stereocenters. The fourth-order valence-electron chi connectivity index (χ4n) is 9.61. The van der Waals surface area contributed by atoms with Gasteiger partial charge in [-0.05, 0) is 80.9 Å². The van der Waals surface area contributed by atoms with Crippen molar-refractivity contribution in [3.05, 3.63) is 211 Å². The summed E-state index contributed by atoms with van der Waals surface area (Å²) in [5, 5.41) is 2.36. The quantitative estimate of drug-likeness (QED) is 0.183. The van der Waals surface area contributed by atoms with Crippen LogP contribution in [0.1, 0.15) is 30.0 Å². The van der Waals surface area contributed by atoms with Gasteiger partial charge in [-0.1, -0.05) is 165 Å². The van der Waals surface area contributed by atoms with Gasteiger partial charge in [0, 0.05) is 27.7 Å². The third-order valence-electron chi connectivity index (χ3n) is 12.2. The summed E-state index contributed by atoms with van der Waals surface area (Å²) in [4.78, 5) is 10.4. The summed E-state index contributed by atoms with van der Waals surface area (Å²) in [5.74, 6) is 2.63. The van der Waals surface area contributed by atoms with E-state index in [9.17, 15) is 0 Å². The maximum Gasteiger partial charge on any atom is 0.160 e. The molecule has 11 rings (SSSR count). The van der Waals surface area contributed by atoms with Crippen LogP contribution in [0.5, 0.6) is 5.75 Å². The van der Waals surface area contributed by atoms with Crippen LogP contribution in [0.25, 0.3) is 66.9 Å². The SMILES string of the molecule is CC12CC=CC=C1Oc1ccc(-c3cccc(-c4cc(-c5cccc6ccccc56)nc(-c5ccccc5)n4)c3)cc1C21c2ccccc2-c2ccccc21. The smallest absolute Gasteiger partial charge is 0.160 e. The van der Waals surface area contributed by atoms with Gasteiger partial charge >= 0.3 is 0 Å². The van der Waals surface area contributed by atoms with Gasteiger partial charge in [0.15, 0.2) is 5.82 Å². The number of nitrogens with zero attached hydrogens (tertiary/aromatic N) is 2. The second-order valence-corrected chi connectivity index (χ2v) is 15.1. The Hall–Kier alpha value is -6.84. The first-order valence-corrected chi connectivity index (χ1v) is 19.0. The Bertz CT molecular complexity index is 2850. The summed E-state index contributed by atoms with van der Waals surface area (Å²) in [6.07, 6.45) is 7.49. The minimum atomic E-state index is -0.442. The highest BCUT2D eigenvalue weighted by Crippen LogP contribution is 2.68. The highest BCUT2D eigenvalue weighted by Gasteiger charge is 2.61. The lowest BCUT2D eigenvalue weighted by molar-refractivity contribution is 0.153. The van der Waals surface area contributed by atoms with E-state index in [-0.39, 0.29) is 5.41 Å². The number of rotatable bonds is 4. The largest absolute Gasteiger partial charge is 0.461 e. The number of benzene rings is 7. The molecule has 1 unspecified atom stereocenters. The molecule has 8 aromatic rings. The second-order valence-electron chi connectivity index (χ2n) is 15.1. The fraction of sp³-hybridized carbons (Fsp3) is 0.0769. The van der Waals surface area contributed by atoms with Crippen LogP contribution in [0.4, 0.5) is 0 Å². The van der Waals surface area contributed by atoms with E-state index in [2.05, 4.69) is 177 Å². The normalized spacial score (nSPS) is 17.1. The molecule has 0 radical (unpaired) electrons. The molecule has 0 N–H and O–H groups in total. The summed E-state index contributed by atoms with van der Waals surface area (Å²) in [6.45, 7) is 2.39. The first-order chi connectivity index (χ1) is 27.1. The van der Waals surface area contributed by atoms with E-state index in [0.717, 1.165) is 57.1 Å². The number of hydrogen-bond donors (Lipinski definition) is 0. The average molecular weight is 705 g/mol. The first-order valence-electron chi connectivity index (χ1n) is 19.0. The molecule has 2 heterocycles.